The Bertz CT molecular complexity index is 1390. The number of para-hydroxylation sites is 1. The van der Waals surface area contributed by atoms with Gasteiger partial charge in [-0.05, 0) is 25.0 Å². The van der Waals surface area contributed by atoms with Crippen LogP contribution < -0.4 is 15.0 Å². The molecule has 0 unspecified atom stereocenters. The number of rotatable bonds is 3. The van der Waals surface area contributed by atoms with Gasteiger partial charge in [0.15, 0.2) is 5.82 Å². The van der Waals surface area contributed by atoms with Crippen LogP contribution in [-0.4, -0.2) is 27.0 Å². The molecular formula is C22H18N4O2S. The van der Waals surface area contributed by atoms with Gasteiger partial charge in [-0.1, -0.05) is 60.7 Å². The summed E-state index contributed by atoms with van der Waals surface area (Å²) in [5.74, 6) is 0.391. The molecule has 7 heteroatoms. The van der Waals surface area contributed by atoms with Crippen LogP contribution in [0.15, 0.2) is 53.3 Å². The summed E-state index contributed by atoms with van der Waals surface area (Å²) < 4.78 is 1.71. The first-order chi connectivity index (χ1) is 14.1. The Kier molecular flexibility index (Phi) is 4.06. The largest absolute Gasteiger partial charge is 0.308 e. The molecule has 0 radical (unpaired) electrons. The number of aryl methyl sites for hydroxylation is 1. The fraction of sp³-hybridized carbons (Fsp3) is 0.182. The van der Waals surface area contributed by atoms with E-state index in [2.05, 4.69) is 10.1 Å². The maximum Gasteiger partial charge on any atom is 0.291 e. The van der Waals surface area contributed by atoms with E-state index in [1.165, 1.54) is 15.9 Å². The lowest BCUT2D eigenvalue weighted by atomic mass is 10.1. The van der Waals surface area contributed by atoms with E-state index in [4.69, 9.17) is 0 Å². The molecule has 0 bridgehead atoms. The van der Waals surface area contributed by atoms with Crippen LogP contribution in [0.4, 0.5) is 5.69 Å². The van der Waals surface area contributed by atoms with Gasteiger partial charge in [0.05, 0.1) is 11.3 Å². The number of aromatic nitrogens is 3. The smallest absolute Gasteiger partial charge is 0.291 e. The summed E-state index contributed by atoms with van der Waals surface area (Å²) in [5.41, 5.74) is 3.75. The second-order valence-corrected chi connectivity index (χ2v) is 8.01. The summed E-state index contributed by atoms with van der Waals surface area (Å²) in [6, 6.07) is 15.4. The van der Waals surface area contributed by atoms with Gasteiger partial charge in [0.1, 0.15) is 4.53 Å². The lowest BCUT2D eigenvalue weighted by Crippen LogP contribution is -2.32. The number of nitrogens with zero attached hydrogens (tertiary/aromatic N) is 4. The normalized spacial score (nSPS) is 15.4. The third-order valence-corrected chi connectivity index (χ3v) is 6.17. The van der Waals surface area contributed by atoms with Crippen LogP contribution in [-0.2, 0) is 4.79 Å². The molecule has 6 nitrogen and oxygen atoms in total. The van der Waals surface area contributed by atoms with Gasteiger partial charge in [0.2, 0.25) is 4.96 Å². The van der Waals surface area contributed by atoms with Crippen LogP contribution in [0.5, 0.6) is 0 Å². The van der Waals surface area contributed by atoms with Crippen LogP contribution >= 0.6 is 11.3 Å². The average Bonchev–Trinajstić information content (AvgIpc) is 3.35. The third-order valence-electron chi connectivity index (χ3n) is 5.14. The number of amides is 1. The molecule has 0 fully saturated rings. The van der Waals surface area contributed by atoms with Crippen molar-refractivity contribution in [2.75, 3.05) is 11.4 Å². The number of hydrogen-bond donors (Lipinski definition) is 0. The van der Waals surface area contributed by atoms with Crippen molar-refractivity contribution in [1.29, 1.82) is 0 Å². The summed E-state index contributed by atoms with van der Waals surface area (Å²) in [7, 11) is 0. The molecule has 0 saturated carbocycles. The number of carbonyl (C=O) groups is 1. The van der Waals surface area contributed by atoms with Gasteiger partial charge in [-0.25, -0.2) is 0 Å². The minimum absolute atomic E-state index is 0.131. The number of hydrogen-bond acceptors (Lipinski definition) is 5. The molecule has 0 atom stereocenters. The highest BCUT2D eigenvalue weighted by Gasteiger charge is 2.33. The highest BCUT2D eigenvalue weighted by molar-refractivity contribution is 7.15. The first-order valence-electron chi connectivity index (χ1n) is 9.51. The predicted octanol–water partition coefficient (Wildman–Crippen LogP) is 2.80. The van der Waals surface area contributed by atoms with E-state index in [1.807, 2.05) is 62.4 Å². The van der Waals surface area contributed by atoms with E-state index < -0.39 is 0 Å². The maximum atomic E-state index is 13.1. The lowest BCUT2D eigenvalue weighted by Gasteiger charge is -2.15. The van der Waals surface area contributed by atoms with Crippen LogP contribution in [0.1, 0.15) is 24.5 Å². The molecule has 1 amide bonds. The van der Waals surface area contributed by atoms with Gasteiger partial charge in [-0.3, -0.25) is 9.59 Å². The Hall–Kier alpha value is -3.32. The molecule has 0 spiro atoms. The fourth-order valence-corrected chi connectivity index (χ4v) is 4.77. The zero-order valence-corrected chi connectivity index (χ0v) is 16.9. The van der Waals surface area contributed by atoms with Crippen molar-refractivity contribution in [2.45, 2.75) is 20.3 Å². The maximum absolute atomic E-state index is 13.1. The van der Waals surface area contributed by atoms with E-state index >= 15 is 0 Å². The van der Waals surface area contributed by atoms with Crippen molar-refractivity contribution in [3.8, 4) is 11.4 Å². The molecule has 144 valence electrons. The summed E-state index contributed by atoms with van der Waals surface area (Å²) >= 11 is 1.22. The standard InChI is InChI=1S/C22H18N4O2S/c1-3-12-25-16-11-7-6-10-15(16)17(20(25)27)18-21(28)26-22(29-18)23-19(24-26)14-9-5-4-8-13(14)2/h4-11H,3,12H2,1-2H3. The van der Waals surface area contributed by atoms with Crippen molar-refractivity contribution in [3.05, 3.63) is 74.5 Å². The van der Waals surface area contributed by atoms with Gasteiger partial charge in [-0.2, -0.15) is 9.50 Å². The Morgan fingerprint density at radius 1 is 1.00 bits per heavy atom. The summed E-state index contributed by atoms with van der Waals surface area (Å²) in [4.78, 5) is 33.1. The predicted molar refractivity (Wildman–Crippen MR) is 114 cm³/mol. The van der Waals surface area contributed by atoms with E-state index in [9.17, 15) is 9.59 Å². The Balaban J connectivity index is 1.74. The topological polar surface area (TPSA) is 67.6 Å². The number of benzene rings is 2. The molecule has 2 aromatic carbocycles. The number of thiazole rings is 1. The van der Waals surface area contributed by atoms with Crippen LogP contribution in [0.3, 0.4) is 0 Å². The van der Waals surface area contributed by atoms with E-state index in [0.717, 1.165) is 28.8 Å². The first-order valence-corrected chi connectivity index (χ1v) is 10.3. The van der Waals surface area contributed by atoms with Gasteiger partial charge in [0.25, 0.3) is 11.5 Å². The number of fused-ring (bicyclic) bond motifs is 2. The quantitative estimate of drug-likeness (QED) is 0.529. The van der Waals surface area contributed by atoms with Crippen molar-refractivity contribution < 1.29 is 4.79 Å². The second-order valence-electron chi connectivity index (χ2n) is 7.03. The second kappa shape index (κ2) is 6.63. The molecular weight excluding hydrogens is 384 g/mol. The van der Waals surface area contributed by atoms with E-state index in [-0.39, 0.29) is 11.5 Å². The van der Waals surface area contributed by atoms with Crippen LogP contribution in [0.2, 0.25) is 0 Å². The fourth-order valence-electron chi connectivity index (χ4n) is 3.77. The minimum Gasteiger partial charge on any atom is -0.308 e. The molecule has 0 aliphatic carbocycles. The number of anilines is 1. The molecule has 5 rings (SSSR count). The van der Waals surface area contributed by atoms with Crippen LogP contribution in [0, 0.1) is 6.92 Å². The summed E-state index contributed by atoms with van der Waals surface area (Å²) in [6.07, 6.45) is 0.840. The summed E-state index contributed by atoms with van der Waals surface area (Å²) in [6.45, 7) is 4.63. The molecule has 2 aromatic heterocycles. The third kappa shape index (κ3) is 2.61. The Labute approximate surface area is 170 Å². The summed E-state index contributed by atoms with van der Waals surface area (Å²) in [5, 5.41) is 4.44. The highest BCUT2D eigenvalue weighted by Crippen LogP contribution is 2.35. The van der Waals surface area contributed by atoms with Crippen LogP contribution in [0.25, 0.3) is 21.9 Å². The van der Waals surface area contributed by atoms with Crippen molar-refractivity contribution in [3.63, 3.8) is 0 Å². The van der Waals surface area contributed by atoms with Gasteiger partial charge in [-0.15, -0.1) is 5.10 Å². The highest BCUT2D eigenvalue weighted by atomic mass is 32.1. The average molecular weight is 402 g/mol. The van der Waals surface area contributed by atoms with Crippen molar-refractivity contribution in [1.82, 2.24) is 14.6 Å². The number of carbonyl (C=O) groups excluding carboxylic acids is 1. The monoisotopic (exact) mass is 402 g/mol. The van der Waals surface area contributed by atoms with Crippen molar-refractivity contribution in [2.24, 2.45) is 0 Å². The minimum atomic E-state index is -0.297. The Morgan fingerprint density at radius 3 is 2.45 bits per heavy atom. The zero-order chi connectivity index (χ0) is 20.1. The van der Waals surface area contributed by atoms with Gasteiger partial charge >= 0.3 is 0 Å². The van der Waals surface area contributed by atoms with Gasteiger partial charge < -0.3 is 4.90 Å². The zero-order valence-electron chi connectivity index (χ0n) is 16.0. The van der Waals surface area contributed by atoms with Gasteiger partial charge in [0, 0.05) is 17.7 Å². The first kappa shape index (κ1) is 17.8. The molecule has 29 heavy (non-hydrogen) atoms. The molecule has 4 aromatic rings. The lowest BCUT2D eigenvalue weighted by molar-refractivity contribution is -0.113. The molecule has 1 aliphatic heterocycles. The molecule has 0 saturated heterocycles. The Morgan fingerprint density at radius 2 is 1.72 bits per heavy atom. The molecule has 3 heterocycles. The van der Waals surface area contributed by atoms with Crippen molar-refractivity contribution >= 4 is 33.5 Å². The van der Waals surface area contributed by atoms with E-state index in [0.29, 0.717) is 27.4 Å². The molecule has 0 N–H and O–H groups in total. The molecule has 1 aliphatic rings. The van der Waals surface area contributed by atoms with E-state index in [1.54, 1.807) is 4.90 Å². The SMILES string of the molecule is CCCN1C(=O)C(=c2sc3nc(-c4ccccc4C)nn3c2=O)c2ccccc21.